The van der Waals surface area contributed by atoms with E-state index in [0.29, 0.717) is 12.8 Å². The van der Waals surface area contributed by atoms with Crippen LogP contribution in [0.5, 0.6) is 0 Å². The van der Waals surface area contributed by atoms with E-state index in [1.807, 2.05) is 11.8 Å². The molecule has 0 aromatic carbocycles. The first-order valence-corrected chi connectivity index (χ1v) is 5.02. The van der Waals surface area contributed by atoms with Crippen LogP contribution in [0.4, 0.5) is 0 Å². The van der Waals surface area contributed by atoms with Crippen LogP contribution in [0.15, 0.2) is 11.6 Å². The van der Waals surface area contributed by atoms with E-state index in [9.17, 15) is 9.59 Å². The predicted octanol–water partition coefficient (Wildman–Crippen LogP) is 1.53. The van der Waals surface area contributed by atoms with Gasteiger partial charge >= 0.3 is 0 Å². The van der Waals surface area contributed by atoms with Crippen molar-refractivity contribution in [3.63, 3.8) is 0 Å². The molecule has 0 radical (unpaired) electrons. The van der Waals surface area contributed by atoms with Crippen molar-refractivity contribution >= 4 is 11.7 Å². The van der Waals surface area contributed by atoms with Crippen LogP contribution in [0.2, 0.25) is 0 Å². The second-order valence-electron chi connectivity index (χ2n) is 3.86. The maximum Gasteiger partial charge on any atom is 0.223 e. The summed E-state index contributed by atoms with van der Waals surface area (Å²) >= 11 is 0. The molecule has 3 heteroatoms. The minimum absolute atomic E-state index is 0.0858. The van der Waals surface area contributed by atoms with E-state index >= 15 is 0 Å². The summed E-state index contributed by atoms with van der Waals surface area (Å²) in [5, 5.41) is 0. The first-order chi connectivity index (χ1) is 6.59. The summed E-state index contributed by atoms with van der Waals surface area (Å²) in [5.41, 5.74) is 1.24. The van der Waals surface area contributed by atoms with Gasteiger partial charge in [0.05, 0.1) is 0 Å². The molecule has 78 valence electrons. The third-order valence-corrected chi connectivity index (χ3v) is 2.38. The van der Waals surface area contributed by atoms with Crippen LogP contribution in [0.3, 0.4) is 0 Å². The Morgan fingerprint density at radius 2 is 2.14 bits per heavy atom. The molecule has 0 saturated heterocycles. The number of ketones is 1. The van der Waals surface area contributed by atoms with Crippen molar-refractivity contribution in [2.75, 3.05) is 13.1 Å². The molecule has 0 saturated carbocycles. The average Bonchev–Trinajstić information content (AvgIpc) is 2.14. The number of rotatable bonds is 3. The maximum absolute atomic E-state index is 11.6. The normalized spacial score (nSPS) is 16.4. The van der Waals surface area contributed by atoms with Crippen LogP contribution in [0, 0.1) is 0 Å². The van der Waals surface area contributed by atoms with Gasteiger partial charge in [0.15, 0.2) is 0 Å². The molecule has 0 aromatic heterocycles. The SMILES string of the molecule is CC(=O)CCC(=O)N1CCC=C(C)C1. The van der Waals surface area contributed by atoms with Crippen LogP contribution in [0.1, 0.15) is 33.1 Å². The summed E-state index contributed by atoms with van der Waals surface area (Å²) in [6, 6.07) is 0. The summed E-state index contributed by atoms with van der Waals surface area (Å²) in [5.74, 6) is 0.190. The summed E-state index contributed by atoms with van der Waals surface area (Å²) in [6.07, 6.45) is 3.84. The highest BCUT2D eigenvalue weighted by molar-refractivity contribution is 5.83. The Kier molecular flexibility index (Phi) is 3.86. The molecule has 1 heterocycles. The lowest BCUT2D eigenvalue weighted by molar-refractivity contribution is -0.132. The van der Waals surface area contributed by atoms with Crippen LogP contribution in [0.25, 0.3) is 0 Å². The lowest BCUT2D eigenvalue weighted by atomic mass is 10.1. The minimum atomic E-state index is 0.0858. The van der Waals surface area contributed by atoms with Crippen molar-refractivity contribution in [1.29, 1.82) is 0 Å². The van der Waals surface area contributed by atoms with Gasteiger partial charge in [0, 0.05) is 25.9 Å². The second kappa shape index (κ2) is 4.94. The Hall–Kier alpha value is -1.12. The molecular formula is C11H17NO2. The van der Waals surface area contributed by atoms with Gasteiger partial charge < -0.3 is 9.69 Å². The standard InChI is InChI=1S/C11H17NO2/c1-9-4-3-7-12(8-9)11(14)6-5-10(2)13/h4H,3,5-8H2,1-2H3. The predicted molar refractivity (Wildman–Crippen MR) is 54.9 cm³/mol. The number of carbonyl (C=O) groups is 2. The fourth-order valence-electron chi connectivity index (χ4n) is 1.57. The fourth-order valence-corrected chi connectivity index (χ4v) is 1.57. The van der Waals surface area contributed by atoms with Crippen LogP contribution in [-0.4, -0.2) is 29.7 Å². The molecule has 14 heavy (non-hydrogen) atoms. The number of hydrogen-bond donors (Lipinski definition) is 0. The first kappa shape index (κ1) is 11.0. The summed E-state index contributed by atoms with van der Waals surface area (Å²) < 4.78 is 0. The highest BCUT2D eigenvalue weighted by atomic mass is 16.2. The van der Waals surface area contributed by atoms with E-state index < -0.39 is 0 Å². The molecule has 1 rings (SSSR count). The second-order valence-corrected chi connectivity index (χ2v) is 3.86. The Morgan fingerprint density at radius 1 is 1.43 bits per heavy atom. The van der Waals surface area contributed by atoms with E-state index in [0.717, 1.165) is 19.5 Å². The third-order valence-electron chi connectivity index (χ3n) is 2.38. The topological polar surface area (TPSA) is 37.4 Å². The summed E-state index contributed by atoms with van der Waals surface area (Å²) in [4.78, 5) is 24.1. The van der Waals surface area contributed by atoms with Gasteiger partial charge in [-0.2, -0.15) is 0 Å². The Bertz CT molecular complexity index is 268. The molecular weight excluding hydrogens is 178 g/mol. The molecule has 1 aliphatic rings. The molecule has 1 aliphatic heterocycles. The van der Waals surface area contributed by atoms with E-state index in [1.165, 1.54) is 12.5 Å². The van der Waals surface area contributed by atoms with Gasteiger partial charge in [-0.25, -0.2) is 0 Å². The van der Waals surface area contributed by atoms with Gasteiger partial charge in [-0.1, -0.05) is 11.6 Å². The van der Waals surface area contributed by atoms with Gasteiger partial charge in [0.2, 0.25) is 5.91 Å². The number of hydrogen-bond acceptors (Lipinski definition) is 2. The molecule has 0 bridgehead atoms. The van der Waals surface area contributed by atoms with Gasteiger partial charge in [-0.3, -0.25) is 4.79 Å². The summed E-state index contributed by atoms with van der Waals surface area (Å²) in [7, 11) is 0. The lowest BCUT2D eigenvalue weighted by Crippen LogP contribution is -2.35. The zero-order valence-corrected chi connectivity index (χ0v) is 8.88. The van der Waals surface area contributed by atoms with Crippen molar-refractivity contribution < 1.29 is 9.59 Å². The molecule has 3 nitrogen and oxygen atoms in total. The zero-order valence-electron chi connectivity index (χ0n) is 8.88. The quantitative estimate of drug-likeness (QED) is 0.640. The number of nitrogens with zero attached hydrogens (tertiary/aromatic N) is 1. The van der Waals surface area contributed by atoms with Gasteiger partial charge in [0.1, 0.15) is 5.78 Å². The molecule has 0 spiro atoms. The largest absolute Gasteiger partial charge is 0.338 e. The molecule has 0 aliphatic carbocycles. The number of amides is 1. The minimum Gasteiger partial charge on any atom is -0.338 e. The molecule has 0 fully saturated rings. The number of carbonyl (C=O) groups excluding carboxylic acids is 2. The van der Waals surface area contributed by atoms with E-state index in [4.69, 9.17) is 0 Å². The van der Waals surface area contributed by atoms with Crippen LogP contribution < -0.4 is 0 Å². The van der Waals surface area contributed by atoms with Crippen molar-refractivity contribution in [1.82, 2.24) is 4.90 Å². The van der Waals surface area contributed by atoms with Crippen LogP contribution >= 0.6 is 0 Å². The Morgan fingerprint density at radius 3 is 2.71 bits per heavy atom. The smallest absolute Gasteiger partial charge is 0.223 e. The zero-order chi connectivity index (χ0) is 10.6. The van der Waals surface area contributed by atoms with Crippen molar-refractivity contribution in [3.05, 3.63) is 11.6 Å². The van der Waals surface area contributed by atoms with E-state index in [-0.39, 0.29) is 11.7 Å². The van der Waals surface area contributed by atoms with E-state index in [1.54, 1.807) is 0 Å². The Labute approximate surface area is 84.8 Å². The van der Waals surface area contributed by atoms with Crippen molar-refractivity contribution in [3.8, 4) is 0 Å². The maximum atomic E-state index is 11.6. The molecule has 0 unspecified atom stereocenters. The molecule has 0 N–H and O–H groups in total. The van der Waals surface area contributed by atoms with Crippen molar-refractivity contribution in [2.24, 2.45) is 0 Å². The van der Waals surface area contributed by atoms with Gasteiger partial charge in [-0.05, 0) is 20.3 Å². The van der Waals surface area contributed by atoms with E-state index in [2.05, 4.69) is 6.08 Å². The molecule has 0 aromatic rings. The number of Topliss-reactive ketones (excluding diaryl/α,β-unsaturated/α-hetero) is 1. The average molecular weight is 195 g/mol. The lowest BCUT2D eigenvalue weighted by Gasteiger charge is -2.26. The van der Waals surface area contributed by atoms with Crippen molar-refractivity contribution in [2.45, 2.75) is 33.1 Å². The monoisotopic (exact) mass is 195 g/mol. The van der Waals surface area contributed by atoms with Gasteiger partial charge in [-0.15, -0.1) is 0 Å². The first-order valence-electron chi connectivity index (χ1n) is 5.02. The Balaban J connectivity index is 2.38. The van der Waals surface area contributed by atoms with Gasteiger partial charge in [0.25, 0.3) is 0 Å². The fraction of sp³-hybridized carbons (Fsp3) is 0.636. The molecule has 0 atom stereocenters. The third kappa shape index (κ3) is 3.32. The highest BCUT2D eigenvalue weighted by Gasteiger charge is 2.16. The highest BCUT2D eigenvalue weighted by Crippen LogP contribution is 2.10. The van der Waals surface area contributed by atoms with Crippen LogP contribution in [-0.2, 0) is 9.59 Å². The summed E-state index contributed by atoms with van der Waals surface area (Å²) in [6.45, 7) is 5.09. The molecule has 1 amide bonds.